The van der Waals surface area contributed by atoms with E-state index >= 15 is 0 Å². The van der Waals surface area contributed by atoms with Gasteiger partial charge in [0, 0.05) is 25.8 Å². The lowest BCUT2D eigenvalue weighted by molar-refractivity contribution is -0.128. The molecule has 0 aliphatic carbocycles. The van der Waals surface area contributed by atoms with E-state index in [0.29, 0.717) is 25.2 Å². The Bertz CT molecular complexity index is 621. The van der Waals surface area contributed by atoms with Gasteiger partial charge in [-0.1, -0.05) is 5.16 Å². The summed E-state index contributed by atoms with van der Waals surface area (Å²) in [5, 5.41) is 12.0. The zero-order valence-electron chi connectivity index (χ0n) is 14.3. The molecule has 0 spiro atoms. The molecule has 1 aliphatic heterocycles. The van der Waals surface area contributed by atoms with Crippen LogP contribution in [0.1, 0.15) is 43.8 Å². The average molecular weight is 369 g/mol. The standard InChI is InChI=1S/C15H23N5O4S/c1-9(21)18-11(4-6-25-2)15(23)17-8-13-19-14(20-24-13)10-3-5-16-12(22)7-10/h10-11H,3-8H2,1-2H3,(H,16,22)(H,17,23)(H,18,21). The van der Waals surface area contributed by atoms with Crippen LogP contribution in [0, 0.1) is 0 Å². The quantitative estimate of drug-likeness (QED) is 0.586. The van der Waals surface area contributed by atoms with Gasteiger partial charge in [-0.3, -0.25) is 14.4 Å². The summed E-state index contributed by atoms with van der Waals surface area (Å²) in [5.74, 6) is 0.893. The predicted molar refractivity (Wildman–Crippen MR) is 91.7 cm³/mol. The number of amides is 3. The molecule has 0 saturated carbocycles. The van der Waals surface area contributed by atoms with E-state index in [0.717, 1.165) is 12.2 Å². The van der Waals surface area contributed by atoms with Crippen LogP contribution < -0.4 is 16.0 Å². The molecule has 2 unspecified atom stereocenters. The van der Waals surface area contributed by atoms with E-state index < -0.39 is 6.04 Å². The van der Waals surface area contributed by atoms with Crippen molar-refractivity contribution in [2.24, 2.45) is 0 Å². The van der Waals surface area contributed by atoms with Gasteiger partial charge in [-0.05, 0) is 24.9 Å². The minimum absolute atomic E-state index is 0.0251. The van der Waals surface area contributed by atoms with Gasteiger partial charge in [-0.15, -0.1) is 0 Å². The first kappa shape index (κ1) is 19.2. The summed E-state index contributed by atoms with van der Waals surface area (Å²) in [6.07, 6.45) is 3.58. The number of hydrogen-bond donors (Lipinski definition) is 3. The van der Waals surface area contributed by atoms with Crippen LogP contribution in [-0.2, 0) is 20.9 Å². The highest BCUT2D eigenvalue weighted by Gasteiger charge is 2.25. The molecule has 1 aromatic heterocycles. The van der Waals surface area contributed by atoms with Crippen molar-refractivity contribution in [3.05, 3.63) is 11.7 Å². The number of hydrogen-bond acceptors (Lipinski definition) is 7. The summed E-state index contributed by atoms with van der Waals surface area (Å²) in [4.78, 5) is 39.1. The molecular formula is C15H23N5O4S. The van der Waals surface area contributed by atoms with Crippen LogP contribution in [0.15, 0.2) is 4.52 Å². The Hall–Kier alpha value is -2.10. The Labute approximate surface area is 150 Å². The topological polar surface area (TPSA) is 126 Å². The van der Waals surface area contributed by atoms with E-state index in [9.17, 15) is 14.4 Å². The second kappa shape index (κ2) is 9.40. The normalized spacial score (nSPS) is 18.3. The van der Waals surface area contributed by atoms with Gasteiger partial charge in [-0.2, -0.15) is 16.7 Å². The maximum absolute atomic E-state index is 12.2. The molecule has 2 rings (SSSR count). The van der Waals surface area contributed by atoms with Crippen LogP contribution in [-0.4, -0.2) is 52.5 Å². The first-order valence-electron chi connectivity index (χ1n) is 8.12. The molecule has 1 fully saturated rings. The number of aromatic nitrogens is 2. The molecule has 25 heavy (non-hydrogen) atoms. The zero-order chi connectivity index (χ0) is 18.2. The fourth-order valence-electron chi connectivity index (χ4n) is 2.55. The van der Waals surface area contributed by atoms with Crippen LogP contribution in [0.4, 0.5) is 0 Å². The molecule has 1 aromatic rings. The summed E-state index contributed by atoms with van der Waals surface area (Å²) in [5.41, 5.74) is 0. The van der Waals surface area contributed by atoms with Crippen molar-refractivity contribution in [3.8, 4) is 0 Å². The maximum Gasteiger partial charge on any atom is 0.246 e. The lowest BCUT2D eigenvalue weighted by atomic mass is 9.97. The molecule has 2 heterocycles. The number of piperidine rings is 1. The van der Waals surface area contributed by atoms with E-state index in [4.69, 9.17) is 4.52 Å². The number of carbonyl (C=O) groups is 3. The highest BCUT2D eigenvalue weighted by Crippen LogP contribution is 2.22. The summed E-state index contributed by atoms with van der Waals surface area (Å²) in [7, 11) is 0. The van der Waals surface area contributed by atoms with Crippen molar-refractivity contribution in [3.63, 3.8) is 0 Å². The Morgan fingerprint density at radius 2 is 2.28 bits per heavy atom. The van der Waals surface area contributed by atoms with Crippen molar-refractivity contribution in [1.29, 1.82) is 0 Å². The highest BCUT2D eigenvalue weighted by molar-refractivity contribution is 7.98. The molecule has 0 aromatic carbocycles. The monoisotopic (exact) mass is 369 g/mol. The van der Waals surface area contributed by atoms with E-state index in [1.165, 1.54) is 6.92 Å². The third-order valence-corrected chi connectivity index (χ3v) is 4.46. The third kappa shape index (κ3) is 6.04. The van der Waals surface area contributed by atoms with E-state index in [-0.39, 0.29) is 36.1 Å². The van der Waals surface area contributed by atoms with Gasteiger partial charge in [0.25, 0.3) is 0 Å². The number of nitrogens with zero attached hydrogens (tertiary/aromatic N) is 2. The summed E-state index contributed by atoms with van der Waals surface area (Å²) >= 11 is 1.60. The Morgan fingerprint density at radius 3 is 2.96 bits per heavy atom. The molecule has 10 heteroatoms. The van der Waals surface area contributed by atoms with Gasteiger partial charge in [0.2, 0.25) is 23.6 Å². The van der Waals surface area contributed by atoms with Gasteiger partial charge < -0.3 is 20.5 Å². The van der Waals surface area contributed by atoms with Gasteiger partial charge in [0.05, 0.1) is 6.54 Å². The van der Waals surface area contributed by atoms with Crippen LogP contribution in [0.2, 0.25) is 0 Å². The summed E-state index contributed by atoms with van der Waals surface area (Å²) < 4.78 is 5.15. The lowest BCUT2D eigenvalue weighted by Gasteiger charge is -2.18. The molecule has 0 radical (unpaired) electrons. The first-order chi connectivity index (χ1) is 12.0. The van der Waals surface area contributed by atoms with E-state index in [2.05, 4.69) is 26.1 Å². The van der Waals surface area contributed by atoms with Crippen molar-refractivity contribution < 1.29 is 18.9 Å². The van der Waals surface area contributed by atoms with Gasteiger partial charge in [0.15, 0.2) is 5.82 Å². The first-order valence-corrected chi connectivity index (χ1v) is 9.52. The summed E-state index contributed by atoms with van der Waals surface area (Å²) in [6.45, 7) is 2.06. The largest absolute Gasteiger partial charge is 0.356 e. The minimum atomic E-state index is -0.589. The minimum Gasteiger partial charge on any atom is -0.356 e. The Kier molecular flexibility index (Phi) is 7.23. The Balaban J connectivity index is 1.88. The fourth-order valence-corrected chi connectivity index (χ4v) is 3.02. The molecule has 138 valence electrons. The maximum atomic E-state index is 12.2. The molecular weight excluding hydrogens is 346 g/mol. The number of carbonyl (C=O) groups excluding carboxylic acids is 3. The van der Waals surface area contributed by atoms with E-state index in [1.807, 2.05) is 6.26 Å². The summed E-state index contributed by atoms with van der Waals surface area (Å²) in [6, 6.07) is -0.589. The molecule has 0 bridgehead atoms. The van der Waals surface area contributed by atoms with Crippen LogP contribution in [0.5, 0.6) is 0 Å². The van der Waals surface area contributed by atoms with Crippen molar-refractivity contribution in [2.45, 2.75) is 44.7 Å². The number of thioether (sulfide) groups is 1. The smallest absolute Gasteiger partial charge is 0.246 e. The Morgan fingerprint density at radius 1 is 1.48 bits per heavy atom. The number of rotatable bonds is 8. The second-order valence-electron chi connectivity index (χ2n) is 5.84. The van der Waals surface area contributed by atoms with Gasteiger partial charge in [0.1, 0.15) is 6.04 Å². The molecule has 3 amide bonds. The molecule has 1 aliphatic rings. The van der Waals surface area contributed by atoms with Crippen LogP contribution in [0.25, 0.3) is 0 Å². The second-order valence-corrected chi connectivity index (χ2v) is 6.82. The average Bonchev–Trinajstić information content (AvgIpc) is 3.05. The van der Waals surface area contributed by atoms with Crippen molar-refractivity contribution in [1.82, 2.24) is 26.1 Å². The molecule has 1 saturated heterocycles. The number of nitrogens with one attached hydrogen (secondary N) is 3. The predicted octanol–water partition coefficient (Wildman–Crippen LogP) is -0.0628. The lowest BCUT2D eigenvalue weighted by Crippen LogP contribution is -2.46. The van der Waals surface area contributed by atoms with Crippen LogP contribution in [0.3, 0.4) is 0 Å². The molecule has 2 atom stereocenters. The fraction of sp³-hybridized carbons (Fsp3) is 0.667. The zero-order valence-corrected chi connectivity index (χ0v) is 15.1. The van der Waals surface area contributed by atoms with E-state index in [1.54, 1.807) is 11.8 Å². The van der Waals surface area contributed by atoms with Gasteiger partial charge in [-0.25, -0.2) is 0 Å². The molecule has 3 N–H and O–H groups in total. The van der Waals surface area contributed by atoms with Crippen molar-refractivity contribution in [2.75, 3.05) is 18.6 Å². The molecule has 9 nitrogen and oxygen atoms in total. The SMILES string of the molecule is CSCCC(NC(C)=O)C(=O)NCc1nc(C2CCNC(=O)C2)no1. The van der Waals surface area contributed by atoms with Crippen molar-refractivity contribution >= 4 is 29.5 Å². The van der Waals surface area contributed by atoms with Gasteiger partial charge >= 0.3 is 0 Å². The third-order valence-electron chi connectivity index (χ3n) is 3.81. The highest BCUT2D eigenvalue weighted by atomic mass is 32.2. The van der Waals surface area contributed by atoms with Crippen LogP contribution >= 0.6 is 11.8 Å².